The van der Waals surface area contributed by atoms with E-state index in [4.69, 9.17) is 16.3 Å². The van der Waals surface area contributed by atoms with Crippen molar-refractivity contribution in [2.75, 3.05) is 62.3 Å². The average Bonchev–Trinajstić information content (AvgIpc) is 3.30. The van der Waals surface area contributed by atoms with Gasteiger partial charge in [0, 0.05) is 78.6 Å². The minimum absolute atomic E-state index is 0.114. The third-order valence-electron chi connectivity index (χ3n) is 9.67. The van der Waals surface area contributed by atoms with Crippen LogP contribution in [-0.2, 0) is 27.4 Å². The molecule has 0 radical (unpaired) electrons. The van der Waals surface area contributed by atoms with Gasteiger partial charge in [0.25, 0.3) is 5.91 Å². The van der Waals surface area contributed by atoms with E-state index < -0.39 is 6.04 Å². The topological polar surface area (TPSA) is 85.4 Å². The van der Waals surface area contributed by atoms with Gasteiger partial charge in [0.05, 0.1) is 13.2 Å². The number of hydrogen-bond donors (Lipinski definition) is 1. The van der Waals surface area contributed by atoms with Crippen molar-refractivity contribution in [3.05, 3.63) is 58.1 Å². The van der Waals surface area contributed by atoms with Crippen LogP contribution in [0.2, 0.25) is 5.02 Å². The molecule has 4 fully saturated rings. The van der Waals surface area contributed by atoms with Gasteiger partial charge in [0.1, 0.15) is 6.04 Å². The van der Waals surface area contributed by atoms with Crippen molar-refractivity contribution in [2.45, 2.75) is 44.8 Å². The quantitative estimate of drug-likeness (QED) is 0.547. The molecule has 4 saturated heterocycles. The van der Waals surface area contributed by atoms with Crippen molar-refractivity contribution in [2.24, 2.45) is 5.41 Å². The highest BCUT2D eigenvalue weighted by Crippen LogP contribution is 2.45. The second-order valence-corrected chi connectivity index (χ2v) is 12.6. The summed E-state index contributed by atoms with van der Waals surface area (Å²) in [7, 11) is 0. The van der Waals surface area contributed by atoms with E-state index in [2.05, 4.69) is 44.3 Å². The summed E-state index contributed by atoms with van der Waals surface area (Å²) in [4.78, 5) is 46.2. The Labute approximate surface area is 245 Å². The van der Waals surface area contributed by atoms with Crippen molar-refractivity contribution in [3.63, 3.8) is 0 Å². The monoisotopic (exact) mass is 577 g/mol. The summed E-state index contributed by atoms with van der Waals surface area (Å²) in [5.41, 5.74) is 5.44. The minimum atomic E-state index is -0.586. The van der Waals surface area contributed by atoms with Gasteiger partial charge in [-0.05, 0) is 62.2 Å². The summed E-state index contributed by atoms with van der Waals surface area (Å²) in [5.74, 6) is -0.748. The van der Waals surface area contributed by atoms with E-state index in [1.165, 1.54) is 11.3 Å². The van der Waals surface area contributed by atoms with Crippen LogP contribution < -0.4 is 15.1 Å². The maximum absolute atomic E-state index is 13.2. The molecule has 2 aromatic rings. The standard InChI is InChI=1S/C31H36ClN5O4/c32-25-16-22(35-12-14-41-15-13-35)5-4-21(25)17-34-10-8-31(9-11-34)19-36(20-31)26-3-1-2-23-24(26)18-37(30(23)40)27-6-7-28(38)33-29(27)39/h1-5,16,27H,6-15,17-20H2,(H,33,38,39). The fourth-order valence-corrected chi connectivity index (χ4v) is 7.46. The van der Waals surface area contributed by atoms with Gasteiger partial charge in [-0.2, -0.15) is 0 Å². The average molecular weight is 578 g/mol. The van der Waals surface area contributed by atoms with E-state index in [9.17, 15) is 14.4 Å². The number of likely N-dealkylation sites (tertiary alicyclic amines) is 1. The number of halogens is 1. The fraction of sp³-hybridized carbons (Fsp3) is 0.516. The molecule has 3 amide bonds. The first-order valence-corrected chi connectivity index (χ1v) is 15.1. The summed E-state index contributed by atoms with van der Waals surface area (Å²) in [6.45, 7) is 8.68. The van der Waals surface area contributed by atoms with Gasteiger partial charge in [-0.25, -0.2) is 0 Å². The molecule has 1 spiro atoms. The molecule has 1 unspecified atom stereocenters. The number of rotatable bonds is 5. The summed E-state index contributed by atoms with van der Waals surface area (Å²) < 4.78 is 5.47. The predicted molar refractivity (Wildman–Crippen MR) is 156 cm³/mol. The number of fused-ring (bicyclic) bond motifs is 1. The molecular weight excluding hydrogens is 542 g/mol. The van der Waals surface area contributed by atoms with Crippen LogP contribution in [-0.4, -0.2) is 86.0 Å². The molecule has 41 heavy (non-hydrogen) atoms. The Morgan fingerprint density at radius 3 is 2.49 bits per heavy atom. The van der Waals surface area contributed by atoms with Crippen molar-refractivity contribution < 1.29 is 19.1 Å². The Morgan fingerprint density at radius 1 is 0.976 bits per heavy atom. The van der Waals surface area contributed by atoms with Crippen LogP contribution in [0.15, 0.2) is 36.4 Å². The van der Waals surface area contributed by atoms with E-state index in [0.717, 1.165) is 88.1 Å². The maximum atomic E-state index is 13.2. The number of amides is 3. The van der Waals surface area contributed by atoms with Crippen molar-refractivity contribution in [3.8, 4) is 0 Å². The van der Waals surface area contributed by atoms with Gasteiger partial charge in [-0.1, -0.05) is 23.7 Å². The minimum Gasteiger partial charge on any atom is -0.378 e. The van der Waals surface area contributed by atoms with Crippen LogP contribution in [0, 0.1) is 5.41 Å². The first-order valence-electron chi connectivity index (χ1n) is 14.7. The number of benzene rings is 2. The predicted octanol–water partition coefficient (Wildman–Crippen LogP) is 3.04. The number of nitrogens with one attached hydrogen (secondary N) is 1. The van der Waals surface area contributed by atoms with Crippen LogP contribution >= 0.6 is 11.6 Å². The summed E-state index contributed by atoms with van der Waals surface area (Å²) in [6, 6.07) is 11.8. The Kier molecular flexibility index (Phi) is 6.92. The van der Waals surface area contributed by atoms with E-state index in [-0.39, 0.29) is 24.1 Å². The molecule has 10 heteroatoms. The Balaban J connectivity index is 0.956. The SMILES string of the molecule is O=C1CCC(N2Cc3c(cccc3N3CC4(CCN(Cc5ccc(N6CCOCC6)cc5Cl)CC4)C3)C2=O)C(=O)N1. The lowest BCUT2D eigenvalue weighted by molar-refractivity contribution is -0.136. The van der Waals surface area contributed by atoms with E-state index in [1.54, 1.807) is 4.90 Å². The van der Waals surface area contributed by atoms with Crippen LogP contribution in [0.25, 0.3) is 0 Å². The normalized spacial score (nSPS) is 24.5. The van der Waals surface area contributed by atoms with Crippen molar-refractivity contribution in [1.82, 2.24) is 15.1 Å². The van der Waals surface area contributed by atoms with Gasteiger partial charge >= 0.3 is 0 Å². The molecule has 1 N–H and O–H groups in total. The second-order valence-electron chi connectivity index (χ2n) is 12.2. The number of carbonyl (C=O) groups is 3. The highest BCUT2D eigenvalue weighted by atomic mass is 35.5. The fourth-order valence-electron chi connectivity index (χ4n) is 7.22. The van der Waals surface area contributed by atoms with Crippen LogP contribution in [0.4, 0.5) is 11.4 Å². The lowest BCUT2D eigenvalue weighted by atomic mass is 9.71. The number of piperidine rings is 2. The van der Waals surface area contributed by atoms with Crippen LogP contribution in [0.3, 0.4) is 0 Å². The maximum Gasteiger partial charge on any atom is 0.255 e. The third kappa shape index (κ3) is 4.98. The molecule has 7 rings (SSSR count). The van der Waals surface area contributed by atoms with Crippen molar-refractivity contribution >= 4 is 40.7 Å². The second kappa shape index (κ2) is 10.6. The third-order valence-corrected chi connectivity index (χ3v) is 10.0. The number of hydrogen-bond acceptors (Lipinski definition) is 7. The van der Waals surface area contributed by atoms with Gasteiger partial charge in [-0.3, -0.25) is 24.6 Å². The first-order chi connectivity index (χ1) is 19.9. The molecule has 0 saturated carbocycles. The molecule has 216 valence electrons. The molecule has 9 nitrogen and oxygen atoms in total. The summed E-state index contributed by atoms with van der Waals surface area (Å²) in [5, 5.41) is 3.23. The smallest absolute Gasteiger partial charge is 0.255 e. The molecule has 5 aliphatic heterocycles. The Hall–Kier alpha value is -3.14. The molecule has 2 aromatic carbocycles. The first kappa shape index (κ1) is 26.7. The zero-order chi connectivity index (χ0) is 28.1. The van der Waals surface area contributed by atoms with Gasteiger partial charge in [0.2, 0.25) is 11.8 Å². The number of anilines is 2. The Morgan fingerprint density at radius 2 is 1.76 bits per heavy atom. The van der Waals surface area contributed by atoms with Gasteiger partial charge in [0.15, 0.2) is 0 Å². The van der Waals surface area contributed by atoms with Crippen molar-refractivity contribution in [1.29, 1.82) is 0 Å². The summed E-state index contributed by atoms with van der Waals surface area (Å²) >= 11 is 6.72. The van der Waals surface area contributed by atoms with Gasteiger partial charge in [-0.15, -0.1) is 0 Å². The van der Waals surface area contributed by atoms with E-state index >= 15 is 0 Å². The van der Waals surface area contributed by atoms with Gasteiger partial charge < -0.3 is 19.4 Å². The number of carbonyl (C=O) groups excluding carboxylic acids is 3. The summed E-state index contributed by atoms with van der Waals surface area (Å²) in [6.07, 6.45) is 2.93. The van der Waals surface area contributed by atoms with E-state index in [1.807, 2.05) is 12.1 Å². The number of ether oxygens (including phenoxy) is 1. The molecule has 0 bridgehead atoms. The molecule has 0 aliphatic carbocycles. The lowest BCUT2D eigenvalue weighted by Gasteiger charge is -2.55. The number of nitrogens with zero attached hydrogens (tertiary/aromatic N) is 4. The lowest BCUT2D eigenvalue weighted by Crippen LogP contribution is -2.60. The molecule has 0 aromatic heterocycles. The number of morpholine rings is 1. The molecule has 1 atom stereocenters. The molecular formula is C31H36ClN5O4. The van der Waals surface area contributed by atoms with Crippen LogP contribution in [0.5, 0.6) is 0 Å². The van der Waals surface area contributed by atoms with E-state index in [0.29, 0.717) is 23.9 Å². The zero-order valence-corrected chi connectivity index (χ0v) is 24.0. The number of imide groups is 1. The highest BCUT2D eigenvalue weighted by Gasteiger charge is 2.47. The molecule has 5 aliphatic rings. The highest BCUT2D eigenvalue weighted by molar-refractivity contribution is 6.31. The Bertz CT molecular complexity index is 1380. The van der Waals surface area contributed by atoms with Crippen LogP contribution in [0.1, 0.15) is 47.2 Å². The zero-order valence-electron chi connectivity index (χ0n) is 23.2. The molecule has 5 heterocycles. The largest absolute Gasteiger partial charge is 0.378 e.